The van der Waals surface area contributed by atoms with E-state index in [1.54, 1.807) is 19.4 Å². The first-order valence-electron chi connectivity index (χ1n) is 7.60. The zero-order chi connectivity index (χ0) is 17.2. The average molecular weight is 324 g/mol. The molecule has 2 aromatic rings. The number of carbonyl (C=O) groups excluding carboxylic acids is 1. The molecule has 2 aromatic carbocycles. The second-order valence-corrected chi connectivity index (χ2v) is 4.81. The summed E-state index contributed by atoms with van der Waals surface area (Å²) in [5, 5.41) is 3.95. The van der Waals surface area contributed by atoms with Crippen molar-refractivity contribution in [1.29, 1.82) is 0 Å². The van der Waals surface area contributed by atoms with E-state index in [1.165, 1.54) is 6.08 Å². The van der Waals surface area contributed by atoms with Gasteiger partial charge in [-0.15, -0.1) is 0 Å². The van der Waals surface area contributed by atoms with Crippen LogP contribution in [0.3, 0.4) is 0 Å². The second kappa shape index (κ2) is 9.15. The molecule has 0 spiro atoms. The van der Waals surface area contributed by atoms with Crippen molar-refractivity contribution in [2.24, 2.45) is 5.10 Å². The van der Waals surface area contributed by atoms with E-state index in [-0.39, 0.29) is 5.91 Å². The van der Waals surface area contributed by atoms with Gasteiger partial charge in [-0.3, -0.25) is 4.79 Å². The van der Waals surface area contributed by atoms with Gasteiger partial charge >= 0.3 is 0 Å². The fourth-order valence-corrected chi connectivity index (χ4v) is 1.96. The largest absolute Gasteiger partial charge is 0.497 e. The van der Waals surface area contributed by atoms with Gasteiger partial charge in [0, 0.05) is 11.6 Å². The number of hydrogen-bond acceptors (Lipinski definition) is 4. The summed E-state index contributed by atoms with van der Waals surface area (Å²) >= 11 is 0. The first-order chi connectivity index (χ1) is 11.7. The summed E-state index contributed by atoms with van der Waals surface area (Å²) in [6.45, 7) is 2.49. The van der Waals surface area contributed by atoms with E-state index in [9.17, 15) is 4.79 Å². The molecule has 0 aliphatic heterocycles. The number of methoxy groups -OCH3 is 1. The molecule has 1 N–H and O–H groups in total. The minimum Gasteiger partial charge on any atom is -0.497 e. The van der Waals surface area contributed by atoms with Crippen LogP contribution in [0, 0.1) is 0 Å². The minimum absolute atomic E-state index is 0.309. The Kier molecular flexibility index (Phi) is 6.58. The fraction of sp³-hybridized carbons (Fsp3) is 0.158. The Hall–Kier alpha value is -3.08. The van der Waals surface area contributed by atoms with Crippen molar-refractivity contribution < 1.29 is 14.3 Å². The molecule has 0 saturated carbocycles. The lowest BCUT2D eigenvalue weighted by Crippen LogP contribution is -2.14. The van der Waals surface area contributed by atoms with Gasteiger partial charge in [0.1, 0.15) is 11.5 Å². The lowest BCUT2D eigenvalue weighted by atomic mass is 10.2. The summed E-state index contributed by atoms with van der Waals surface area (Å²) in [6.07, 6.45) is 4.69. The summed E-state index contributed by atoms with van der Waals surface area (Å²) < 4.78 is 10.6. The maximum absolute atomic E-state index is 11.8. The zero-order valence-electron chi connectivity index (χ0n) is 13.7. The fourth-order valence-electron chi connectivity index (χ4n) is 1.96. The van der Waals surface area contributed by atoms with Crippen LogP contribution in [0.5, 0.6) is 11.5 Å². The summed E-state index contributed by atoms with van der Waals surface area (Å²) in [4.78, 5) is 11.8. The SMILES string of the molecule is CCOc1ccccc1/C=N\NC(=O)/C=C/c1ccc(OC)cc1. The molecule has 0 heterocycles. The van der Waals surface area contributed by atoms with E-state index in [1.807, 2.05) is 55.5 Å². The van der Waals surface area contributed by atoms with Gasteiger partial charge in [0.05, 0.1) is 19.9 Å². The standard InChI is InChI=1S/C19H20N2O3/c1-3-24-18-7-5-4-6-16(18)14-20-21-19(22)13-10-15-8-11-17(23-2)12-9-15/h4-14H,3H2,1-2H3,(H,21,22)/b13-10+,20-14-. The third kappa shape index (κ3) is 5.28. The van der Waals surface area contributed by atoms with Crippen molar-refractivity contribution in [3.8, 4) is 11.5 Å². The molecule has 0 unspecified atom stereocenters. The van der Waals surface area contributed by atoms with Crippen molar-refractivity contribution in [2.75, 3.05) is 13.7 Å². The van der Waals surface area contributed by atoms with E-state index in [0.717, 1.165) is 22.6 Å². The van der Waals surface area contributed by atoms with Crippen molar-refractivity contribution in [3.63, 3.8) is 0 Å². The number of hydrazone groups is 1. The summed E-state index contributed by atoms with van der Waals surface area (Å²) in [6, 6.07) is 14.9. The highest BCUT2D eigenvalue weighted by Crippen LogP contribution is 2.15. The van der Waals surface area contributed by atoms with Gasteiger partial charge in [0.2, 0.25) is 0 Å². The van der Waals surface area contributed by atoms with Gasteiger partial charge in [-0.2, -0.15) is 5.10 Å². The van der Waals surface area contributed by atoms with Crippen molar-refractivity contribution in [1.82, 2.24) is 5.43 Å². The predicted octanol–water partition coefficient (Wildman–Crippen LogP) is 3.26. The average Bonchev–Trinajstić information content (AvgIpc) is 2.62. The number of amides is 1. The molecular formula is C19H20N2O3. The molecule has 1 amide bonds. The molecule has 124 valence electrons. The quantitative estimate of drug-likeness (QED) is 0.483. The molecule has 0 fully saturated rings. The molecule has 0 aliphatic carbocycles. The normalized spacial score (nSPS) is 10.9. The number of benzene rings is 2. The van der Waals surface area contributed by atoms with Crippen LogP contribution in [0.2, 0.25) is 0 Å². The van der Waals surface area contributed by atoms with Gasteiger partial charge in [0.25, 0.3) is 5.91 Å². The Bertz CT molecular complexity index is 722. The van der Waals surface area contributed by atoms with Gasteiger partial charge < -0.3 is 9.47 Å². The van der Waals surface area contributed by atoms with E-state index < -0.39 is 0 Å². The first-order valence-corrected chi connectivity index (χ1v) is 7.60. The van der Waals surface area contributed by atoms with Crippen LogP contribution in [-0.2, 0) is 4.79 Å². The maximum Gasteiger partial charge on any atom is 0.264 e. The molecule has 5 nitrogen and oxygen atoms in total. The predicted molar refractivity (Wildman–Crippen MR) is 95.4 cm³/mol. The van der Waals surface area contributed by atoms with Crippen LogP contribution in [-0.4, -0.2) is 25.8 Å². The van der Waals surface area contributed by atoms with Gasteiger partial charge in [0.15, 0.2) is 0 Å². The van der Waals surface area contributed by atoms with Crippen molar-refractivity contribution in [3.05, 3.63) is 65.7 Å². The minimum atomic E-state index is -0.309. The molecule has 0 radical (unpaired) electrons. The number of nitrogens with zero attached hydrogens (tertiary/aromatic N) is 1. The van der Waals surface area contributed by atoms with Gasteiger partial charge in [-0.05, 0) is 42.8 Å². The molecule has 0 atom stereocenters. The summed E-state index contributed by atoms with van der Waals surface area (Å²) in [5.74, 6) is 1.19. The number of carbonyl (C=O) groups is 1. The van der Waals surface area contributed by atoms with E-state index >= 15 is 0 Å². The summed E-state index contributed by atoms with van der Waals surface area (Å²) in [7, 11) is 1.61. The Balaban J connectivity index is 1.91. The van der Waals surface area contributed by atoms with Crippen LogP contribution in [0.25, 0.3) is 6.08 Å². The molecular weight excluding hydrogens is 304 g/mol. The smallest absolute Gasteiger partial charge is 0.264 e. The Morgan fingerprint density at radius 2 is 1.92 bits per heavy atom. The Morgan fingerprint density at radius 3 is 2.62 bits per heavy atom. The lowest BCUT2D eigenvalue weighted by Gasteiger charge is -2.05. The number of rotatable bonds is 7. The molecule has 5 heteroatoms. The summed E-state index contributed by atoms with van der Waals surface area (Å²) in [5.41, 5.74) is 4.16. The highest BCUT2D eigenvalue weighted by Gasteiger charge is 1.99. The van der Waals surface area contributed by atoms with Crippen LogP contribution < -0.4 is 14.9 Å². The monoisotopic (exact) mass is 324 g/mol. The third-order valence-corrected chi connectivity index (χ3v) is 3.14. The third-order valence-electron chi connectivity index (χ3n) is 3.14. The number of nitrogens with one attached hydrogen (secondary N) is 1. The van der Waals surface area contributed by atoms with Crippen molar-refractivity contribution in [2.45, 2.75) is 6.92 Å². The van der Waals surface area contributed by atoms with Crippen LogP contribution in [0.4, 0.5) is 0 Å². The maximum atomic E-state index is 11.8. The van der Waals surface area contributed by atoms with Crippen LogP contribution in [0.1, 0.15) is 18.1 Å². The van der Waals surface area contributed by atoms with E-state index in [4.69, 9.17) is 9.47 Å². The van der Waals surface area contributed by atoms with E-state index in [2.05, 4.69) is 10.5 Å². The topological polar surface area (TPSA) is 59.9 Å². The second-order valence-electron chi connectivity index (χ2n) is 4.81. The molecule has 2 rings (SSSR count). The molecule has 0 saturated heterocycles. The van der Waals surface area contributed by atoms with Crippen molar-refractivity contribution >= 4 is 18.2 Å². The van der Waals surface area contributed by atoms with Gasteiger partial charge in [-0.25, -0.2) is 5.43 Å². The number of ether oxygens (including phenoxy) is 2. The molecule has 0 bridgehead atoms. The number of para-hydroxylation sites is 1. The molecule has 0 aliphatic rings. The molecule has 0 aromatic heterocycles. The molecule has 24 heavy (non-hydrogen) atoms. The van der Waals surface area contributed by atoms with E-state index in [0.29, 0.717) is 6.61 Å². The lowest BCUT2D eigenvalue weighted by molar-refractivity contribution is -0.116. The highest BCUT2D eigenvalue weighted by molar-refractivity contribution is 5.92. The first kappa shape index (κ1) is 17.3. The highest BCUT2D eigenvalue weighted by atomic mass is 16.5. The van der Waals surface area contributed by atoms with Crippen LogP contribution >= 0.6 is 0 Å². The Labute approximate surface area is 141 Å². The Morgan fingerprint density at radius 1 is 1.17 bits per heavy atom. The number of hydrogen-bond donors (Lipinski definition) is 1. The van der Waals surface area contributed by atoms with Gasteiger partial charge in [-0.1, -0.05) is 24.3 Å². The van der Waals surface area contributed by atoms with Crippen LogP contribution in [0.15, 0.2) is 59.7 Å². The zero-order valence-corrected chi connectivity index (χ0v) is 13.7.